The molecule has 0 spiro atoms. The predicted molar refractivity (Wildman–Crippen MR) is 75.4 cm³/mol. The molecule has 1 aromatic rings. The van der Waals surface area contributed by atoms with Gasteiger partial charge in [-0.3, -0.25) is 0 Å². The first-order chi connectivity index (χ1) is 8.74. The van der Waals surface area contributed by atoms with Crippen LogP contribution in [0.2, 0.25) is 0 Å². The fraction of sp³-hybridized carbons (Fsp3) is 0.176. The summed E-state index contributed by atoms with van der Waals surface area (Å²) in [7, 11) is 0. The molecule has 18 heavy (non-hydrogen) atoms. The van der Waals surface area contributed by atoms with Gasteiger partial charge in [-0.15, -0.1) is 0 Å². The SMILES string of the molecule is C=C1NC2=C(C#Cc3ccccc31)CC(C)C=C2. The van der Waals surface area contributed by atoms with E-state index in [1.807, 2.05) is 18.2 Å². The number of hydrogen-bond acceptors (Lipinski definition) is 1. The molecular weight excluding hydrogens is 218 g/mol. The molecule has 1 unspecified atom stereocenters. The molecule has 0 aromatic heterocycles. The second-order valence-corrected chi connectivity index (χ2v) is 4.83. The molecule has 1 aromatic carbocycles. The maximum atomic E-state index is 4.12. The molecule has 88 valence electrons. The Morgan fingerprint density at radius 3 is 3.00 bits per heavy atom. The van der Waals surface area contributed by atoms with E-state index in [2.05, 4.69) is 48.9 Å². The minimum Gasteiger partial charge on any atom is -0.355 e. The summed E-state index contributed by atoms with van der Waals surface area (Å²) in [6, 6.07) is 8.13. The Morgan fingerprint density at radius 2 is 2.11 bits per heavy atom. The zero-order chi connectivity index (χ0) is 12.5. The van der Waals surface area contributed by atoms with Gasteiger partial charge in [0.25, 0.3) is 0 Å². The van der Waals surface area contributed by atoms with Crippen molar-refractivity contribution in [3.63, 3.8) is 0 Å². The van der Waals surface area contributed by atoms with Gasteiger partial charge in [-0.1, -0.05) is 49.6 Å². The minimum absolute atomic E-state index is 0.558. The monoisotopic (exact) mass is 233 g/mol. The molecule has 0 fully saturated rings. The summed E-state index contributed by atoms with van der Waals surface area (Å²) in [5.41, 5.74) is 5.33. The van der Waals surface area contributed by atoms with Gasteiger partial charge in [0.15, 0.2) is 0 Å². The van der Waals surface area contributed by atoms with E-state index in [0.29, 0.717) is 5.92 Å². The van der Waals surface area contributed by atoms with Crippen molar-refractivity contribution in [1.82, 2.24) is 5.32 Å². The Hall–Kier alpha value is -2.20. The van der Waals surface area contributed by atoms with Crippen LogP contribution in [0.1, 0.15) is 24.5 Å². The second kappa shape index (κ2) is 4.23. The molecule has 1 nitrogen and oxygen atoms in total. The third-order valence-electron chi connectivity index (χ3n) is 3.33. The van der Waals surface area contributed by atoms with Crippen LogP contribution in [-0.2, 0) is 0 Å². The molecule has 1 aliphatic heterocycles. The van der Waals surface area contributed by atoms with E-state index < -0.39 is 0 Å². The highest BCUT2D eigenvalue weighted by Crippen LogP contribution is 2.26. The molecule has 1 heteroatoms. The highest BCUT2D eigenvalue weighted by atomic mass is 14.9. The normalized spacial score (nSPS) is 20.9. The largest absolute Gasteiger partial charge is 0.355 e. The third-order valence-corrected chi connectivity index (χ3v) is 3.33. The second-order valence-electron chi connectivity index (χ2n) is 4.83. The molecule has 1 atom stereocenters. The van der Waals surface area contributed by atoms with Crippen molar-refractivity contribution in [2.45, 2.75) is 13.3 Å². The molecule has 2 aliphatic rings. The number of rotatable bonds is 0. The average Bonchev–Trinajstić information content (AvgIpc) is 2.37. The van der Waals surface area contributed by atoms with Crippen molar-refractivity contribution in [2.75, 3.05) is 0 Å². The van der Waals surface area contributed by atoms with Crippen molar-refractivity contribution in [2.24, 2.45) is 5.92 Å². The molecule has 0 amide bonds. The molecule has 1 heterocycles. The highest BCUT2D eigenvalue weighted by Gasteiger charge is 2.15. The fourth-order valence-electron chi connectivity index (χ4n) is 2.32. The summed E-state index contributed by atoms with van der Waals surface area (Å²) >= 11 is 0. The molecule has 1 N–H and O–H groups in total. The molecule has 0 radical (unpaired) electrons. The lowest BCUT2D eigenvalue weighted by Gasteiger charge is -2.21. The topological polar surface area (TPSA) is 12.0 Å². The van der Waals surface area contributed by atoms with Crippen LogP contribution in [0, 0.1) is 17.8 Å². The van der Waals surface area contributed by atoms with E-state index in [1.165, 1.54) is 5.57 Å². The summed E-state index contributed by atoms with van der Waals surface area (Å²) < 4.78 is 0. The first-order valence-electron chi connectivity index (χ1n) is 6.23. The molecular formula is C17H15N. The van der Waals surface area contributed by atoms with Crippen molar-refractivity contribution >= 4 is 5.70 Å². The average molecular weight is 233 g/mol. The van der Waals surface area contributed by atoms with E-state index in [-0.39, 0.29) is 0 Å². The summed E-state index contributed by atoms with van der Waals surface area (Å²) in [6.07, 6.45) is 5.34. The zero-order valence-corrected chi connectivity index (χ0v) is 10.5. The Kier molecular flexibility index (Phi) is 2.57. The van der Waals surface area contributed by atoms with Gasteiger partial charge in [-0.25, -0.2) is 0 Å². The number of fused-ring (bicyclic) bond motifs is 1. The molecule has 1 aliphatic carbocycles. The molecule has 3 rings (SSSR count). The lowest BCUT2D eigenvalue weighted by molar-refractivity contribution is 0.708. The van der Waals surface area contributed by atoms with Crippen LogP contribution in [-0.4, -0.2) is 0 Å². The lowest BCUT2D eigenvalue weighted by Crippen LogP contribution is -2.17. The smallest absolute Gasteiger partial charge is 0.0498 e. The number of nitrogens with one attached hydrogen (secondary N) is 1. The van der Waals surface area contributed by atoms with E-state index in [4.69, 9.17) is 0 Å². The number of hydrogen-bond donors (Lipinski definition) is 1. The van der Waals surface area contributed by atoms with E-state index in [9.17, 15) is 0 Å². The van der Waals surface area contributed by atoms with Gasteiger partial charge in [-0.05, 0) is 24.5 Å². The quantitative estimate of drug-likeness (QED) is 0.677. The van der Waals surface area contributed by atoms with Gasteiger partial charge in [0.1, 0.15) is 0 Å². The Bertz CT molecular complexity index is 635. The van der Waals surface area contributed by atoms with Gasteiger partial charge in [0.05, 0.1) is 0 Å². The third kappa shape index (κ3) is 1.87. The van der Waals surface area contributed by atoms with Crippen LogP contribution in [0.15, 0.2) is 54.3 Å². The van der Waals surface area contributed by atoms with Crippen LogP contribution in [0.25, 0.3) is 5.70 Å². The maximum Gasteiger partial charge on any atom is 0.0498 e. The summed E-state index contributed by atoms with van der Waals surface area (Å²) in [4.78, 5) is 0. The van der Waals surface area contributed by atoms with Crippen LogP contribution >= 0.6 is 0 Å². The van der Waals surface area contributed by atoms with Crippen LogP contribution in [0.5, 0.6) is 0 Å². The zero-order valence-electron chi connectivity index (χ0n) is 10.5. The summed E-state index contributed by atoms with van der Waals surface area (Å²) in [5.74, 6) is 7.14. The predicted octanol–water partition coefficient (Wildman–Crippen LogP) is 3.46. The number of benzene rings is 1. The van der Waals surface area contributed by atoms with Crippen LogP contribution in [0.4, 0.5) is 0 Å². The van der Waals surface area contributed by atoms with E-state index in [0.717, 1.165) is 28.9 Å². The Labute approximate surface area is 108 Å². The van der Waals surface area contributed by atoms with Crippen molar-refractivity contribution < 1.29 is 0 Å². The highest BCUT2D eigenvalue weighted by molar-refractivity contribution is 5.72. The molecule has 0 bridgehead atoms. The lowest BCUT2D eigenvalue weighted by atomic mass is 9.92. The van der Waals surface area contributed by atoms with E-state index >= 15 is 0 Å². The van der Waals surface area contributed by atoms with Crippen molar-refractivity contribution in [3.8, 4) is 11.8 Å². The van der Waals surface area contributed by atoms with Crippen molar-refractivity contribution in [1.29, 1.82) is 0 Å². The molecule has 0 saturated carbocycles. The Morgan fingerprint density at radius 1 is 1.28 bits per heavy atom. The number of allylic oxidation sites excluding steroid dienone is 3. The molecule has 0 saturated heterocycles. The standard InChI is InChI=1S/C17H15N/c1-12-7-10-17-15(11-12)9-8-14-5-3-4-6-16(14)13(2)18-17/h3-7,10,12,18H,2,11H2,1H3. The summed E-state index contributed by atoms with van der Waals surface area (Å²) in [5, 5.41) is 3.39. The first kappa shape index (κ1) is 10.9. The Balaban J connectivity index is 2.12. The van der Waals surface area contributed by atoms with Crippen LogP contribution in [0.3, 0.4) is 0 Å². The minimum atomic E-state index is 0.558. The summed E-state index contributed by atoms with van der Waals surface area (Å²) in [6.45, 7) is 6.33. The van der Waals surface area contributed by atoms with Gasteiger partial charge in [-0.2, -0.15) is 0 Å². The van der Waals surface area contributed by atoms with Gasteiger partial charge in [0, 0.05) is 28.1 Å². The van der Waals surface area contributed by atoms with Crippen LogP contribution < -0.4 is 5.32 Å². The van der Waals surface area contributed by atoms with E-state index in [1.54, 1.807) is 0 Å². The van der Waals surface area contributed by atoms with Gasteiger partial charge in [0.2, 0.25) is 0 Å². The fourth-order valence-corrected chi connectivity index (χ4v) is 2.32. The van der Waals surface area contributed by atoms with Crippen molar-refractivity contribution in [3.05, 3.63) is 65.4 Å². The van der Waals surface area contributed by atoms with Gasteiger partial charge < -0.3 is 5.32 Å². The maximum absolute atomic E-state index is 4.12. The van der Waals surface area contributed by atoms with Gasteiger partial charge >= 0.3 is 0 Å². The first-order valence-corrected chi connectivity index (χ1v) is 6.23.